The van der Waals surface area contributed by atoms with Gasteiger partial charge in [0.05, 0.1) is 20.3 Å². The van der Waals surface area contributed by atoms with Crippen LogP contribution < -0.4 is 15.0 Å². The molecule has 0 spiro atoms. The smallest absolute Gasteiger partial charge is 0.416 e. The van der Waals surface area contributed by atoms with Crippen molar-refractivity contribution in [2.24, 2.45) is 0 Å². The second kappa shape index (κ2) is 8.38. The van der Waals surface area contributed by atoms with Gasteiger partial charge in [0.15, 0.2) is 6.10 Å². The maximum Gasteiger partial charge on any atom is 0.416 e. The van der Waals surface area contributed by atoms with Crippen molar-refractivity contribution in [2.45, 2.75) is 12.3 Å². The summed E-state index contributed by atoms with van der Waals surface area (Å²) in [5, 5.41) is 6.68. The van der Waals surface area contributed by atoms with Gasteiger partial charge in [0.25, 0.3) is 0 Å². The second-order valence-electron chi connectivity index (χ2n) is 6.64. The fraction of sp³-hybridized carbons (Fsp3) is 0.316. The lowest BCUT2D eigenvalue weighted by Crippen LogP contribution is -2.49. The number of morpholine rings is 1. The van der Waals surface area contributed by atoms with E-state index in [4.69, 9.17) is 14.0 Å². The zero-order valence-electron chi connectivity index (χ0n) is 16.2. The lowest BCUT2D eigenvalue weighted by Gasteiger charge is -2.33. The average Bonchev–Trinajstić information content (AvgIpc) is 3.21. The van der Waals surface area contributed by atoms with E-state index in [1.165, 1.54) is 42.5 Å². The lowest BCUT2D eigenvalue weighted by atomic mass is 10.1. The summed E-state index contributed by atoms with van der Waals surface area (Å²) < 4.78 is 68.0. The maximum absolute atomic E-state index is 14.2. The van der Waals surface area contributed by atoms with Crippen LogP contribution in [0, 0.1) is 5.82 Å². The molecule has 3 aromatic rings. The zero-order chi connectivity index (χ0) is 22.0. The van der Waals surface area contributed by atoms with Crippen LogP contribution in [-0.4, -0.2) is 54.2 Å². The van der Waals surface area contributed by atoms with Gasteiger partial charge in [0.1, 0.15) is 23.1 Å². The number of nitrogens with one attached hydrogen (secondary N) is 1. The average molecular weight is 439 g/mol. The third kappa shape index (κ3) is 4.68. The summed E-state index contributed by atoms with van der Waals surface area (Å²) in [6, 6.07) is 7.31. The molecule has 0 aliphatic carbocycles. The first kappa shape index (κ1) is 20.8. The molecule has 1 N–H and O–H groups in total. The minimum absolute atomic E-state index is 0.0932. The summed E-state index contributed by atoms with van der Waals surface area (Å²) >= 11 is 0. The molecule has 1 aliphatic rings. The molecule has 1 aliphatic heterocycles. The minimum atomic E-state index is -4.47. The SMILES string of the molecule is COc1ccc(-c2cc(Nc3ccnc(N4CCOC(C(F)(F)F)C4)n3)on2)c(F)c1. The molecule has 0 saturated carbocycles. The Kier molecular flexibility index (Phi) is 5.63. The molecule has 3 heterocycles. The van der Waals surface area contributed by atoms with Crippen molar-refractivity contribution in [1.29, 1.82) is 0 Å². The summed E-state index contributed by atoms with van der Waals surface area (Å²) in [5.74, 6) is 0.397. The fourth-order valence-electron chi connectivity index (χ4n) is 3.02. The van der Waals surface area contributed by atoms with Crippen molar-refractivity contribution in [2.75, 3.05) is 37.0 Å². The molecular weight excluding hydrogens is 422 g/mol. The summed E-state index contributed by atoms with van der Waals surface area (Å²) in [5.41, 5.74) is 0.464. The second-order valence-corrected chi connectivity index (χ2v) is 6.64. The van der Waals surface area contributed by atoms with E-state index in [-0.39, 0.29) is 42.1 Å². The lowest BCUT2D eigenvalue weighted by molar-refractivity contribution is -0.221. The van der Waals surface area contributed by atoms with Crippen LogP contribution in [0.15, 0.2) is 41.1 Å². The van der Waals surface area contributed by atoms with Gasteiger partial charge < -0.3 is 24.2 Å². The van der Waals surface area contributed by atoms with Crippen molar-refractivity contribution in [3.05, 3.63) is 42.3 Å². The highest BCUT2D eigenvalue weighted by atomic mass is 19.4. The van der Waals surface area contributed by atoms with Crippen molar-refractivity contribution < 1.29 is 31.6 Å². The number of anilines is 3. The molecule has 31 heavy (non-hydrogen) atoms. The molecule has 1 fully saturated rings. The van der Waals surface area contributed by atoms with Crippen LogP contribution >= 0.6 is 0 Å². The first-order valence-corrected chi connectivity index (χ1v) is 9.17. The van der Waals surface area contributed by atoms with Crippen LogP contribution in [0.25, 0.3) is 11.3 Å². The highest BCUT2D eigenvalue weighted by Gasteiger charge is 2.43. The Morgan fingerprint density at radius 2 is 2.06 bits per heavy atom. The number of benzene rings is 1. The first-order valence-electron chi connectivity index (χ1n) is 9.17. The van der Waals surface area contributed by atoms with E-state index >= 15 is 0 Å². The molecule has 1 atom stereocenters. The van der Waals surface area contributed by atoms with Crippen LogP contribution in [0.4, 0.5) is 35.2 Å². The number of methoxy groups -OCH3 is 1. The molecule has 4 rings (SSSR count). The van der Waals surface area contributed by atoms with Crippen LogP contribution in [0.5, 0.6) is 5.75 Å². The predicted octanol–water partition coefficient (Wildman–Crippen LogP) is 3.79. The Hall–Kier alpha value is -3.41. The molecule has 0 bridgehead atoms. The Labute approximate surface area is 173 Å². The van der Waals surface area contributed by atoms with E-state index in [1.54, 1.807) is 6.07 Å². The molecule has 1 unspecified atom stereocenters. The summed E-state index contributed by atoms with van der Waals surface area (Å²) in [7, 11) is 1.43. The number of rotatable bonds is 5. The van der Waals surface area contributed by atoms with Gasteiger partial charge >= 0.3 is 6.18 Å². The van der Waals surface area contributed by atoms with Crippen molar-refractivity contribution in [1.82, 2.24) is 15.1 Å². The quantitative estimate of drug-likeness (QED) is 0.601. The Morgan fingerprint density at radius 3 is 2.81 bits per heavy atom. The number of ether oxygens (including phenoxy) is 2. The van der Waals surface area contributed by atoms with E-state index in [0.717, 1.165) is 0 Å². The van der Waals surface area contributed by atoms with Crippen LogP contribution in [-0.2, 0) is 4.74 Å². The number of aromatic nitrogens is 3. The Morgan fingerprint density at radius 1 is 1.23 bits per heavy atom. The zero-order valence-corrected chi connectivity index (χ0v) is 16.2. The van der Waals surface area contributed by atoms with Crippen LogP contribution in [0.1, 0.15) is 0 Å². The number of halogens is 4. The minimum Gasteiger partial charge on any atom is -0.497 e. The van der Waals surface area contributed by atoms with E-state index in [1.807, 2.05) is 0 Å². The van der Waals surface area contributed by atoms with E-state index in [0.29, 0.717) is 5.75 Å². The van der Waals surface area contributed by atoms with E-state index in [9.17, 15) is 17.6 Å². The molecule has 2 aromatic heterocycles. The van der Waals surface area contributed by atoms with Crippen LogP contribution in [0.3, 0.4) is 0 Å². The van der Waals surface area contributed by atoms with Crippen molar-refractivity contribution in [3.63, 3.8) is 0 Å². The largest absolute Gasteiger partial charge is 0.497 e. The molecule has 8 nitrogen and oxygen atoms in total. The Balaban J connectivity index is 1.49. The normalized spacial score (nSPS) is 16.9. The molecular formula is C19H17F4N5O3. The number of nitrogens with zero attached hydrogens (tertiary/aromatic N) is 4. The standard InChI is InChI=1S/C19H17F4N5O3/c1-29-11-2-3-12(13(20)8-11)14-9-17(31-27-14)25-16-4-5-24-18(26-16)28-6-7-30-15(10-28)19(21,22)23/h2-5,8-9,15H,6-7,10H2,1H3,(H,24,25,26). The molecule has 1 saturated heterocycles. The van der Waals surface area contributed by atoms with Gasteiger partial charge in [-0.2, -0.15) is 18.2 Å². The first-order chi connectivity index (χ1) is 14.8. The van der Waals surface area contributed by atoms with Gasteiger partial charge in [0, 0.05) is 30.4 Å². The van der Waals surface area contributed by atoms with Gasteiger partial charge in [-0.1, -0.05) is 5.16 Å². The fourth-order valence-corrected chi connectivity index (χ4v) is 3.02. The van der Waals surface area contributed by atoms with E-state index in [2.05, 4.69) is 20.4 Å². The third-order valence-corrected chi connectivity index (χ3v) is 4.57. The van der Waals surface area contributed by atoms with Crippen LogP contribution in [0.2, 0.25) is 0 Å². The summed E-state index contributed by atoms with van der Waals surface area (Å²) in [4.78, 5) is 9.67. The topological polar surface area (TPSA) is 85.5 Å². The number of hydrogen-bond donors (Lipinski definition) is 1. The number of alkyl halides is 3. The molecule has 12 heteroatoms. The van der Waals surface area contributed by atoms with Gasteiger partial charge in [-0.25, -0.2) is 9.37 Å². The van der Waals surface area contributed by atoms with Gasteiger partial charge in [0.2, 0.25) is 11.8 Å². The monoisotopic (exact) mass is 439 g/mol. The molecule has 164 valence electrons. The van der Waals surface area contributed by atoms with Gasteiger partial charge in [-0.15, -0.1) is 0 Å². The highest BCUT2D eigenvalue weighted by molar-refractivity contribution is 5.65. The Bertz CT molecular complexity index is 1060. The van der Waals surface area contributed by atoms with Crippen molar-refractivity contribution in [3.8, 4) is 17.0 Å². The summed E-state index contributed by atoms with van der Waals surface area (Å²) in [6.45, 7) is -0.278. The highest BCUT2D eigenvalue weighted by Crippen LogP contribution is 2.29. The molecule has 0 amide bonds. The number of hydrogen-bond acceptors (Lipinski definition) is 8. The van der Waals surface area contributed by atoms with Gasteiger partial charge in [-0.3, -0.25) is 0 Å². The van der Waals surface area contributed by atoms with E-state index < -0.39 is 24.6 Å². The van der Waals surface area contributed by atoms with Crippen molar-refractivity contribution >= 4 is 17.7 Å². The molecule has 1 aromatic carbocycles. The third-order valence-electron chi connectivity index (χ3n) is 4.57. The molecule has 0 radical (unpaired) electrons. The summed E-state index contributed by atoms with van der Waals surface area (Å²) in [6.07, 6.45) is -4.97. The predicted molar refractivity (Wildman–Crippen MR) is 102 cm³/mol. The maximum atomic E-state index is 14.2. The van der Waals surface area contributed by atoms with Gasteiger partial charge in [-0.05, 0) is 18.2 Å².